The van der Waals surface area contributed by atoms with Crippen molar-refractivity contribution in [3.63, 3.8) is 0 Å². The third-order valence-corrected chi connectivity index (χ3v) is 5.30. The summed E-state index contributed by atoms with van der Waals surface area (Å²) in [4.78, 5) is 26.3. The van der Waals surface area contributed by atoms with Gasteiger partial charge in [-0.25, -0.2) is 9.59 Å². The molecule has 1 heterocycles. The smallest absolute Gasteiger partial charge is 0.411 e. The van der Waals surface area contributed by atoms with E-state index in [1.165, 1.54) is 24.0 Å². The Morgan fingerprint density at radius 3 is 2.60 bits per heavy atom. The van der Waals surface area contributed by atoms with Crippen molar-refractivity contribution in [3.8, 4) is 0 Å². The molecule has 0 radical (unpaired) electrons. The monoisotopic (exact) mass is 406 g/mol. The fourth-order valence-corrected chi connectivity index (χ4v) is 3.62. The lowest BCUT2D eigenvalue weighted by atomic mass is 10.1. The van der Waals surface area contributed by atoms with E-state index in [4.69, 9.17) is 9.15 Å². The van der Waals surface area contributed by atoms with Crippen molar-refractivity contribution >= 4 is 22.7 Å². The molecule has 1 aliphatic carbocycles. The molecule has 0 spiro atoms. The highest BCUT2D eigenvalue weighted by Crippen LogP contribution is 2.31. The summed E-state index contributed by atoms with van der Waals surface area (Å²) in [6.45, 7) is 5.63. The lowest BCUT2D eigenvalue weighted by Gasteiger charge is -2.23. The van der Waals surface area contributed by atoms with Crippen molar-refractivity contribution in [1.29, 1.82) is 0 Å². The van der Waals surface area contributed by atoms with Gasteiger partial charge in [0, 0.05) is 42.3 Å². The van der Waals surface area contributed by atoms with Crippen LogP contribution >= 0.6 is 0 Å². The zero-order valence-electron chi connectivity index (χ0n) is 17.3. The van der Waals surface area contributed by atoms with Crippen LogP contribution in [-0.2, 0) is 17.8 Å². The minimum atomic E-state index is -0.534. The van der Waals surface area contributed by atoms with Crippen molar-refractivity contribution in [3.05, 3.63) is 75.6 Å². The van der Waals surface area contributed by atoms with Crippen LogP contribution in [0.15, 0.2) is 57.7 Å². The van der Waals surface area contributed by atoms with Gasteiger partial charge in [-0.15, -0.1) is 0 Å². The first kappa shape index (κ1) is 20.2. The molecule has 0 aliphatic heterocycles. The number of carbonyl (C=O) groups excluding carboxylic acids is 1. The Morgan fingerprint density at radius 2 is 1.90 bits per heavy atom. The lowest BCUT2D eigenvalue weighted by molar-refractivity contribution is 0.168. The Bertz CT molecular complexity index is 1100. The van der Waals surface area contributed by atoms with Crippen LogP contribution in [0.3, 0.4) is 0 Å². The third kappa shape index (κ3) is 4.89. The van der Waals surface area contributed by atoms with E-state index in [1.807, 2.05) is 6.07 Å². The van der Waals surface area contributed by atoms with Crippen molar-refractivity contribution in [2.75, 3.05) is 11.9 Å². The number of anilines is 1. The summed E-state index contributed by atoms with van der Waals surface area (Å²) < 4.78 is 10.3. The molecule has 1 saturated carbocycles. The molecule has 1 aromatic heterocycles. The Balaban J connectivity index is 1.59. The number of nitrogens with one attached hydrogen (secondary N) is 1. The SMILES string of the molecule is CCOC(=O)Nc1ccc2c(CN(Cc3ccc(C)cc3)C3CC3)cc(=O)oc2c1. The fourth-order valence-electron chi connectivity index (χ4n) is 3.62. The molecule has 3 aromatic rings. The van der Waals surface area contributed by atoms with E-state index in [9.17, 15) is 9.59 Å². The minimum Gasteiger partial charge on any atom is -0.450 e. The van der Waals surface area contributed by atoms with Gasteiger partial charge in [-0.3, -0.25) is 10.2 Å². The second-order valence-electron chi connectivity index (χ2n) is 7.77. The Labute approximate surface area is 175 Å². The maximum absolute atomic E-state index is 12.2. The van der Waals surface area contributed by atoms with Crippen LogP contribution in [0.5, 0.6) is 0 Å². The van der Waals surface area contributed by atoms with Crippen molar-refractivity contribution in [2.24, 2.45) is 0 Å². The van der Waals surface area contributed by atoms with Crippen LogP contribution in [-0.4, -0.2) is 23.6 Å². The van der Waals surface area contributed by atoms with Gasteiger partial charge in [-0.2, -0.15) is 0 Å². The maximum atomic E-state index is 12.2. The molecule has 30 heavy (non-hydrogen) atoms. The zero-order valence-corrected chi connectivity index (χ0v) is 17.3. The van der Waals surface area contributed by atoms with Gasteiger partial charge in [0.25, 0.3) is 0 Å². The molecule has 0 bridgehead atoms. The highest BCUT2D eigenvalue weighted by atomic mass is 16.5. The Morgan fingerprint density at radius 1 is 1.13 bits per heavy atom. The normalized spacial score (nSPS) is 13.6. The standard InChI is InChI=1S/C24H26N2O4/c1-3-29-24(28)25-19-8-11-21-18(12-23(27)30-22(21)13-19)15-26(20-9-10-20)14-17-6-4-16(2)5-7-17/h4-8,11-13,20H,3,9-10,14-15H2,1-2H3,(H,25,28). The van der Waals surface area contributed by atoms with Crippen LogP contribution in [0.2, 0.25) is 0 Å². The van der Waals surface area contributed by atoms with Gasteiger partial charge < -0.3 is 9.15 Å². The van der Waals surface area contributed by atoms with Gasteiger partial charge in [0.15, 0.2) is 0 Å². The summed E-state index contributed by atoms with van der Waals surface area (Å²) in [5.41, 5.74) is 4.04. The Hall–Kier alpha value is -3.12. The number of amides is 1. The van der Waals surface area contributed by atoms with Crippen molar-refractivity contribution in [1.82, 2.24) is 4.90 Å². The van der Waals surface area contributed by atoms with Crippen LogP contribution in [0.4, 0.5) is 10.5 Å². The molecule has 1 amide bonds. The number of nitrogens with zero attached hydrogens (tertiary/aromatic N) is 1. The van der Waals surface area contributed by atoms with E-state index in [2.05, 4.69) is 41.4 Å². The van der Waals surface area contributed by atoms with E-state index in [0.29, 0.717) is 23.9 Å². The second-order valence-corrected chi connectivity index (χ2v) is 7.77. The lowest BCUT2D eigenvalue weighted by Crippen LogP contribution is -2.25. The molecule has 0 atom stereocenters. The molecular formula is C24H26N2O4. The van der Waals surface area contributed by atoms with Gasteiger partial charge in [0.2, 0.25) is 0 Å². The van der Waals surface area contributed by atoms with Gasteiger partial charge in [-0.1, -0.05) is 29.8 Å². The second kappa shape index (κ2) is 8.71. The van der Waals surface area contributed by atoms with E-state index >= 15 is 0 Å². The average Bonchev–Trinajstić information content (AvgIpc) is 3.54. The number of ether oxygens (including phenoxy) is 1. The van der Waals surface area contributed by atoms with Crippen molar-refractivity contribution in [2.45, 2.75) is 45.8 Å². The number of rotatable bonds is 7. The topological polar surface area (TPSA) is 71.8 Å². The molecule has 6 heteroatoms. The summed E-state index contributed by atoms with van der Waals surface area (Å²) in [6, 6.07) is 16.0. The number of aryl methyl sites for hydroxylation is 1. The highest BCUT2D eigenvalue weighted by molar-refractivity contribution is 5.89. The minimum absolute atomic E-state index is 0.288. The maximum Gasteiger partial charge on any atom is 0.411 e. The highest BCUT2D eigenvalue weighted by Gasteiger charge is 2.29. The molecule has 4 rings (SSSR count). The summed E-state index contributed by atoms with van der Waals surface area (Å²) in [5.74, 6) is 0. The van der Waals surface area contributed by atoms with E-state index in [1.54, 1.807) is 25.1 Å². The third-order valence-electron chi connectivity index (χ3n) is 5.30. The van der Waals surface area contributed by atoms with Crippen LogP contribution in [0.25, 0.3) is 11.0 Å². The quantitative estimate of drug-likeness (QED) is 0.569. The average molecular weight is 406 g/mol. The van der Waals surface area contributed by atoms with Gasteiger partial charge in [0.1, 0.15) is 5.58 Å². The summed E-state index contributed by atoms with van der Waals surface area (Å²) >= 11 is 0. The van der Waals surface area contributed by atoms with Gasteiger partial charge in [-0.05, 0) is 49.9 Å². The molecular weight excluding hydrogens is 380 g/mol. The van der Waals surface area contributed by atoms with Gasteiger partial charge in [0.05, 0.1) is 6.61 Å². The number of hydrogen-bond acceptors (Lipinski definition) is 5. The number of fused-ring (bicyclic) bond motifs is 1. The number of benzene rings is 2. The summed E-state index contributed by atoms with van der Waals surface area (Å²) in [7, 11) is 0. The molecule has 6 nitrogen and oxygen atoms in total. The largest absolute Gasteiger partial charge is 0.450 e. The fraction of sp³-hybridized carbons (Fsp3) is 0.333. The first-order valence-electron chi connectivity index (χ1n) is 10.3. The summed E-state index contributed by atoms with van der Waals surface area (Å²) in [5, 5.41) is 3.52. The van der Waals surface area contributed by atoms with Crippen LogP contribution in [0, 0.1) is 6.92 Å². The van der Waals surface area contributed by atoms with E-state index in [0.717, 1.165) is 17.5 Å². The van der Waals surface area contributed by atoms with E-state index in [-0.39, 0.29) is 6.61 Å². The molecule has 156 valence electrons. The first-order valence-corrected chi connectivity index (χ1v) is 10.3. The first-order chi connectivity index (χ1) is 14.5. The zero-order chi connectivity index (χ0) is 21.1. The Kier molecular flexibility index (Phi) is 5.86. The molecule has 0 unspecified atom stereocenters. The predicted molar refractivity (Wildman–Crippen MR) is 117 cm³/mol. The predicted octanol–water partition coefficient (Wildman–Crippen LogP) is 4.83. The molecule has 1 N–H and O–H groups in total. The van der Waals surface area contributed by atoms with E-state index < -0.39 is 11.7 Å². The summed E-state index contributed by atoms with van der Waals surface area (Å²) in [6.07, 6.45) is 1.82. The molecule has 1 aliphatic rings. The molecule has 0 saturated heterocycles. The van der Waals surface area contributed by atoms with Crippen LogP contribution < -0.4 is 10.9 Å². The molecule has 2 aromatic carbocycles. The van der Waals surface area contributed by atoms with Crippen molar-refractivity contribution < 1.29 is 13.9 Å². The van der Waals surface area contributed by atoms with Crippen LogP contribution in [0.1, 0.15) is 36.5 Å². The molecule has 1 fully saturated rings. The number of carbonyl (C=O) groups is 1. The number of hydrogen-bond donors (Lipinski definition) is 1. The van der Waals surface area contributed by atoms with Gasteiger partial charge >= 0.3 is 11.7 Å².